The van der Waals surface area contributed by atoms with Gasteiger partial charge in [0, 0.05) is 23.5 Å². The molecule has 2 aromatic carbocycles. The van der Waals surface area contributed by atoms with E-state index in [9.17, 15) is 9.90 Å². The molecule has 0 saturated carbocycles. The lowest BCUT2D eigenvalue weighted by atomic mass is 10.1. The van der Waals surface area contributed by atoms with Crippen LogP contribution in [0.4, 0.5) is 0 Å². The van der Waals surface area contributed by atoms with Crippen molar-refractivity contribution in [1.82, 2.24) is 9.97 Å². The van der Waals surface area contributed by atoms with E-state index in [1.807, 2.05) is 0 Å². The van der Waals surface area contributed by atoms with Gasteiger partial charge in [-0.05, 0) is 42.0 Å². The summed E-state index contributed by atoms with van der Waals surface area (Å²) < 4.78 is 0. The Hall–Kier alpha value is -3.21. The Labute approximate surface area is 126 Å². The number of carboxylic acids is 1. The van der Waals surface area contributed by atoms with E-state index in [4.69, 9.17) is 5.11 Å². The maximum absolute atomic E-state index is 10.8. The number of benzene rings is 2. The Morgan fingerprint density at radius 1 is 0.773 bits per heavy atom. The fourth-order valence-corrected chi connectivity index (χ4v) is 2.04. The summed E-state index contributed by atoms with van der Waals surface area (Å²) in [4.78, 5) is 19.4. The number of phenols is 1. The van der Waals surface area contributed by atoms with E-state index in [0.717, 1.165) is 16.7 Å². The SMILES string of the molecule is O=C(O)c1ccc(-c2cnc(-c3ccc(O)cc3)nc2)cc1. The number of phenolic OH excluding ortho intramolecular Hbond substituents is 1. The maximum Gasteiger partial charge on any atom is 0.335 e. The van der Waals surface area contributed by atoms with E-state index in [1.165, 1.54) is 0 Å². The van der Waals surface area contributed by atoms with Gasteiger partial charge < -0.3 is 10.2 Å². The molecule has 0 amide bonds. The highest BCUT2D eigenvalue weighted by Gasteiger charge is 2.05. The molecule has 0 bridgehead atoms. The van der Waals surface area contributed by atoms with E-state index < -0.39 is 5.97 Å². The van der Waals surface area contributed by atoms with Crippen molar-refractivity contribution in [2.75, 3.05) is 0 Å². The van der Waals surface area contributed by atoms with Gasteiger partial charge in [-0.1, -0.05) is 12.1 Å². The van der Waals surface area contributed by atoms with Gasteiger partial charge in [-0.25, -0.2) is 14.8 Å². The Morgan fingerprint density at radius 2 is 1.32 bits per heavy atom. The minimum atomic E-state index is -0.953. The lowest BCUT2D eigenvalue weighted by Crippen LogP contribution is -1.95. The zero-order chi connectivity index (χ0) is 15.5. The molecule has 0 saturated heterocycles. The van der Waals surface area contributed by atoms with Gasteiger partial charge in [-0.3, -0.25) is 0 Å². The maximum atomic E-state index is 10.8. The number of nitrogens with zero attached hydrogens (tertiary/aromatic N) is 2. The first-order valence-electron chi connectivity index (χ1n) is 6.59. The topological polar surface area (TPSA) is 83.3 Å². The van der Waals surface area contributed by atoms with Crippen molar-refractivity contribution >= 4 is 5.97 Å². The van der Waals surface area contributed by atoms with E-state index >= 15 is 0 Å². The average Bonchev–Trinajstić information content (AvgIpc) is 2.56. The zero-order valence-electron chi connectivity index (χ0n) is 11.5. The summed E-state index contributed by atoms with van der Waals surface area (Å²) in [6.07, 6.45) is 3.37. The molecule has 2 N–H and O–H groups in total. The lowest BCUT2D eigenvalue weighted by molar-refractivity contribution is 0.0697. The normalized spacial score (nSPS) is 10.4. The molecular weight excluding hydrogens is 280 g/mol. The first-order valence-corrected chi connectivity index (χ1v) is 6.59. The molecule has 0 atom stereocenters. The first kappa shape index (κ1) is 13.8. The van der Waals surface area contributed by atoms with Crippen molar-refractivity contribution in [3.63, 3.8) is 0 Å². The Bertz CT molecular complexity index is 795. The third-order valence-electron chi connectivity index (χ3n) is 3.24. The lowest BCUT2D eigenvalue weighted by Gasteiger charge is -2.04. The van der Waals surface area contributed by atoms with Crippen LogP contribution in [0.1, 0.15) is 10.4 Å². The molecule has 0 aliphatic carbocycles. The van der Waals surface area contributed by atoms with Gasteiger partial charge in [0.15, 0.2) is 5.82 Å². The Morgan fingerprint density at radius 3 is 1.86 bits per heavy atom. The van der Waals surface area contributed by atoms with Gasteiger partial charge in [-0.15, -0.1) is 0 Å². The van der Waals surface area contributed by atoms with E-state index in [0.29, 0.717) is 5.82 Å². The van der Waals surface area contributed by atoms with Crippen LogP contribution in [0.5, 0.6) is 5.75 Å². The zero-order valence-corrected chi connectivity index (χ0v) is 11.5. The quantitative estimate of drug-likeness (QED) is 0.774. The molecule has 1 heterocycles. The second kappa shape index (κ2) is 5.65. The van der Waals surface area contributed by atoms with Gasteiger partial charge in [0.2, 0.25) is 0 Å². The molecule has 5 heteroatoms. The first-order chi connectivity index (χ1) is 10.6. The number of carbonyl (C=O) groups is 1. The van der Waals surface area contributed by atoms with Crippen LogP contribution >= 0.6 is 0 Å². The van der Waals surface area contributed by atoms with Gasteiger partial charge >= 0.3 is 5.97 Å². The van der Waals surface area contributed by atoms with Crippen LogP contribution in [0.3, 0.4) is 0 Å². The summed E-state index contributed by atoms with van der Waals surface area (Å²) in [6, 6.07) is 13.2. The van der Waals surface area contributed by atoms with Crippen molar-refractivity contribution < 1.29 is 15.0 Å². The Kier molecular flexibility index (Phi) is 3.53. The molecule has 0 radical (unpaired) electrons. The minimum Gasteiger partial charge on any atom is -0.508 e. The fraction of sp³-hybridized carbons (Fsp3) is 0. The third kappa shape index (κ3) is 2.78. The molecule has 0 fully saturated rings. The summed E-state index contributed by atoms with van der Waals surface area (Å²) in [7, 11) is 0. The summed E-state index contributed by atoms with van der Waals surface area (Å²) in [5, 5.41) is 18.2. The number of rotatable bonds is 3. The van der Waals surface area contributed by atoms with E-state index in [1.54, 1.807) is 60.9 Å². The van der Waals surface area contributed by atoms with Crippen LogP contribution in [0.2, 0.25) is 0 Å². The molecule has 0 spiro atoms. The van der Waals surface area contributed by atoms with Crippen molar-refractivity contribution in [3.8, 4) is 28.3 Å². The van der Waals surface area contributed by atoms with Crippen LogP contribution in [0.15, 0.2) is 60.9 Å². The number of aromatic hydroxyl groups is 1. The van der Waals surface area contributed by atoms with Gasteiger partial charge in [-0.2, -0.15) is 0 Å². The van der Waals surface area contributed by atoms with Crippen molar-refractivity contribution in [2.24, 2.45) is 0 Å². The number of carboxylic acid groups (broad SMARTS) is 1. The van der Waals surface area contributed by atoms with Crippen molar-refractivity contribution in [2.45, 2.75) is 0 Å². The van der Waals surface area contributed by atoms with Crippen molar-refractivity contribution in [3.05, 3.63) is 66.5 Å². The second-order valence-electron chi connectivity index (χ2n) is 4.72. The molecule has 3 rings (SSSR count). The highest BCUT2D eigenvalue weighted by molar-refractivity contribution is 5.88. The van der Waals surface area contributed by atoms with E-state index in [2.05, 4.69) is 9.97 Å². The minimum absolute atomic E-state index is 0.193. The molecule has 0 aliphatic rings. The molecule has 108 valence electrons. The number of hydrogen-bond acceptors (Lipinski definition) is 4. The molecule has 1 aromatic heterocycles. The molecular formula is C17H12N2O3. The molecule has 5 nitrogen and oxygen atoms in total. The van der Waals surface area contributed by atoms with Crippen molar-refractivity contribution in [1.29, 1.82) is 0 Å². The van der Waals surface area contributed by atoms with E-state index in [-0.39, 0.29) is 11.3 Å². The molecule has 22 heavy (non-hydrogen) atoms. The van der Waals surface area contributed by atoms with Gasteiger partial charge in [0.25, 0.3) is 0 Å². The average molecular weight is 292 g/mol. The summed E-state index contributed by atoms with van der Waals surface area (Å²) in [5.74, 6) is -0.199. The second-order valence-corrected chi connectivity index (χ2v) is 4.72. The summed E-state index contributed by atoms with van der Waals surface area (Å²) in [5.41, 5.74) is 2.71. The number of aromatic nitrogens is 2. The smallest absolute Gasteiger partial charge is 0.335 e. The molecule has 0 aliphatic heterocycles. The van der Waals surface area contributed by atoms with Crippen LogP contribution in [-0.4, -0.2) is 26.2 Å². The summed E-state index contributed by atoms with van der Waals surface area (Å²) in [6.45, 7) is 0. The van der Waals surface area contributed by atoms with Crippen LogP contribution in [0.25, 0.3) is 22.5 Å². The predicted molar refractivity (Wildman–Crippen MR) is 81.5 cm³/mol. The predicted octanol–water partition coefficient (Wildman–Crippen LogP) is 3.21. The molecule has 3 aromatic rings. The standard InChI is InChI=1S/C17H12N2O3/c20-15-7-5-12(6-8-15)16-18-9-14(10-19-16)11-1-3-13(4-2-11)17(21)22/h1-10,20H,(H,21,22). The summed E-state index contributed by atoms with van der Waals surface area (Å²) >= 11 is 0. The monoisotopic (exact) mass is 292 g/mol. The Balaban J connectivity index is 1.87. The largest absolute Gasteiger partial charge is 0.508 e. The van der Waals surface area contributed by atoms with Gasteiger partial charge in [0.1, 0.15) is 5.75 Å². The molecule has 0 unspecified atom stereocenters. The van der Waals surface area contributed by atoms with Crippen LogP contribution < -0.4 is 0 Å². The highest BCUT2D eigenvalue weighted by atomic mass is 16.4. The fourth-order valence-electron chi connectivity index (χ4n) is 2.04. The van der Waals surface area contributed by atoms with Gasteiger partial charge in [0.05, 0.1) is 5.56 Å². The number of hydrogen-bond donors (Lipinski definition) is 2. The highest BCUT2D eigenvalue weighted by Crippen LogP contribution is 2.22. The third-order valence-corrected chi connectivity index (χ3v) is 3.24. The van der Waals surface area contributed by atoms with Crippen LogP contribution in [0, 0.1) is 0 Å². The number of aromatic carboxylic acids is 1. The van der Waals surface area contributed by atoms with Crippen LogP contribution in [-0.2, 0) is 0 Å².